The van der Waals surface area contributed by atoms with E-state index in [1.807, 2.05) is 6.21 Å². The number of carboxylic acid groups (broad SMARTS) is 1. The molecule has 6 aliphatic heterocycles. The van der Waals surface area contributed by atoms with Gasteiger partial charge in [-0.15, -0.1) is 0 Å². The first-order chi connectivity index (χ1) is 25.8. The van der Waals surface area contributed by atoms with Gasteiger partial charge in [0.1, 0.15) is 12.6 Å². The van der Waals surface area contributed by atoms with Crippen molar-refractivity contribution in [3.8, 4) is 0 Å². The van der Waals surface area contributed by atoms with E-state index in [2.05, 4.69) is 65.1 Å². The number of quaternary nitrogens is 1. The second-order valence-corrected chi connectivity index (χ2v) is 19.4. The summed E-state index contributed by atoms with van der Waals surface area (Å²) in [6.45, 7) is 5.97. The molecule has 1 aromatic carbocycles. The molecule has 3 aliphatic carbocycles. The number of carbonyl (C=O) groups is 1. The maximum atomic E-state index is 12.5. The predicted octanol–water partition coefficient (Wildman–Crippen LogP) is 0.663. The molecule has 0 amide bonds. The van der Waals surface area contributed by atoms with E-state index in [1.165, 1.54) is 21.6 Å². The number of rotatable bonds is 6. The number of aliphatic carboxylic acids is 1. The van der Waals surface area contributed by atoms with Gasteiger partial charge in [-0.25, -0.2) is 4.99 Å². The number of benzene rings is 1. The molecule has 298 valence electrons. The molecule has 9 N–H and O–H groups in total. The molecule has 9 aliphatic rings. The Labute approximate surface area is 321 Å². The fourth-order valence-electron chi connectivity index (χ4n) is 12.7. The van der Waals surface area contributed by atoms with Crippen LogP contribution < -0.4 is 31.7 Å². The van der Waals surface area contributed by atoms with Gasteiger partial charge < -0.3 is 46.5 Å². The molecule has 2 saturated carbocycles. The zero-order valence-corrected chi connectivity index (χ0v) is 32.5. The minimum Gasteiger partial charge on any atom is -0.550 e. The molecule has 4 fully saturated rings. The van der Waals surface area contributed by atoms with E-state index in [0.29, 0.717) is 44.2 Å². The standard InChI is InChI=1S/C43H66N6O5/c1-26-37(50)19-36(49-12-11-45-25-49)35(47-26)18-38(51)34-17-30-20-42-8-4-7-31(42)15-29(30)16-33(34)28-6-3-5-27(13-28)14-32-21-41(2,22-39(44)48-32)46-24-43(54,10-9-42)23-40(52)53/h3,5-6,11,13,15,26,30-39,46-48,50-51,54H,4,7-10,12,14,16-25,44H2,1-2H3,(H,52,53)/t26-,30+,31-,32-,33-,34+,35-,36+,37-,38+,39+,41+,42+,43-/m1/s1. The van der Waals surface area contributed by atoms with E-state index < -0.39 is 30.2 Å². The zero-order valence-electron chi connectivity index (χ0n) is 32.5. The monoisotopic (exact) mass is 747 g/mol. The summed E-state index contributed by atoms with van der Waals surface area (Å²) in [7, 11) is 0. The zero-order chi connectivity index (χ0) is 37.8. The number of piperidine rings is 2. The lowest BCUT2D eigenvalue weighted by atomic mass is 9.56. The fraction of sp³-hybridized carbons (Fsp3) is 0.767. The SMILES string of the molecule is C[C@H]1N[C@H](C[C@H](O)[C@H]2C[C@H]3C[C@@]45CCC[C@@H]4C=C3C[C@@H]2c2cccc(c2)C[C@@H]2C[C@@](C)(C[C@@H](N)N2)NC[C@](O)(CC(=O)[O-])CC5)[C@@H]([NH+]2CC=NC2)C[C@H]1O. The van der Waals surface area contributed by atoms with Gasteiger partial charge >= 0.3 is 0 Å². The summed E-state index contributed by atoms with van der Waals surface area (Å²) in [6, 6.07) is 9.39. The first kappa shape index (κ1) is 38.6. The topological polar surface area (TPSA) is 180 Å². The van der Waals surface area contributed by atoms with E-state index in [-0.39, 0.29) is 59.7 Å². The van der Waals surface area contributed by atoms with Gasteiger partial charge in [0, 0.05) is 43.0 Å². The van der Waals surface area contributed by atoms with E-state index in [1.54, 1.807) is 0 Å². The maximum absolute atomic E-state index is 12.5. The summed E-state index contributed by atoms with van der Waals surface area (Å²) >= 11 is 0. The van der Waals surface area contributed by atoms with Crippen LogP contribution in [0, 0.1) is 23.2 Å². The van der Waals surface area contributed by atoms with Gasteiger partial charge in [0.05, 0.1) is 36.2 Å². The highest BCUT2D eigenvalue weighted by atomic mass is 16.4. The second kappa shape index (κ2) is 15.3. The summed E-state index contributed by atoms with van der Waals surface area (Å²) < 4.78 is 0. The van der Waals surface area contributed by atoms with Crippen molar-refractivity contribution >= 4 is 12.2 Å². The maximum Gasteiger partial charge on any atom is 0.171 e. The number of aliphatic hydroxyl groups excluding tert-OH is 2. The molecule has 10 rings (SSSR count). The number of nitrogens with two attached hydrogens (primary N) is 1. The van der Waals surface area contributed by atoms with Crippen LogP contribution in [0.4, 0.5) is 0 Å². The van der Waals surface area contributed by atoms with Crippen LogP contribution in [0.3, 0.4) is 0 Å². The molecular formula is C43H66N6O5. The van der Waals surface area contributed by atoms with Gasteiger partial charge in [-0.05, 0) is 125 Å². The summed E-state index contributed by atoms with van der Waals surface area (Å²) in [4.78, 5) is 18.0. The minimum absolute atomic E-state index is 0.00852. The Morgan fingerprint density at radius 3 is 2.80 bits per heavy atom. The van der Waals surface area contributed by atoms with Gasteiger partial charge in [-0.1, -0.05) is 42.3 Å². The number of hydrogen-bond acceptors (Lipinski definition) is 10. The molecule has 1 unspecified atom stereocenters. The fourth-order valence-corrected chi connectivity index (χ4v) is 12.7. The Kier molecular flexibility index (Phi) is 10.9. The number of carboxylic acids is 1. The van der Waals surface area contributed by atoms with E-state index in [4.69, 9.17) is 5.73 Å². The number of fused-ring (bicyclic) bond motifs is 1. The van der Waals surface area contributed by atoms with E-state index >= 15 is 0 Å². The average Bonchev–Trinajstić information content (AvgIpc) is 3.80. The number of hydrogen-bond donors (Lipinski definition) is 8. The molecule has 2 saturated heterocycles. The van der Waals surface area contributed by atoms with Crippen molar-refractivity contribution < 1.29 is 30.1 Å². The number of β-amino-alcohol motifs (C(OH)–C–C–N with tert-alkyl or cyclic N) is 1. The van der Waals surface area contributed by atoms with Crippen molar-refractivity contribution in [1.29, 1.82) is 0 Å². The number of nitrogens with one attached hydrogen (secondary N) is 4. The highest BCUT2D eigenvalue weighted by Crippen LogP contribution is 2.60. The summed E-state index contributed by atoms with van der Waals surface area (Å²) in [6.07, 6.45) is 14.0. The Hall–Kier alpha value is -2.22. The van der Waals surface area contributed by atoms with Gasteiger partial charge in [-0.3, -0.25) is 5.32 Å². The van der Waals surface area contributed by atoms with Crippen LogP contribution in [-0.4, -0.2) is 101 Å². The first-order valence-corrected chi connectivity index (χ1v) is 21.2. The number of allylic oxidation sites excluding steroid dienone is 2. The summed E-state index contributed by atoms with van der Waals surface area (Å²) in [5, 5.41) is 58.6. The van der Waals surface area contributed by atoms with Crippen LogP contribution >= 0.6 is 0 Å². The lowest BCUT2D eigenvalue weighted by Crippen LogP contribution is -3.16. The average molecular weight is 747 g/mol. The molecule has 15 atom stereocenters. The lowest BCUT2D eigenvalue weighted by Gasteiger charge is -2.50. The van der Waals surface area contributed by atoms with Gasteiger partial charge in [0.15, 0.2) is 6.67 Å². The van der Waals surface area contributed by atoms with E-state index in [0.717, 1.165) is 64.3 Å². The quantitative estimate of drug-likeness (QED) is 0.194. The third-order valence-corrected chi connectivity index (χ3v) is 15.5. The number of carbonyl (C=O) groups excluding carboxylic acids is 1. The first-order valence-electron chi connectivity index (χ1n) is 21.2. The molecule has 1 spiro atoms. The Balaban J connectivity index is 1.14. The van der Waals surface area contributed by atoms with Crippen molar-refractivity contribution in [2.45, 2.75) is 163 Å². The highest BCUT2D eigenvalue weighted by molar-refractivity contribution is 5.65. The van der Waals surface area contributed by atoms with Crippen molar-refractivity contribution in [2.75, 3.05) is 19.8 Å². The Morgan fingerprint density at radius 1 is 1.15 bits per heavy atom. The molecule has 54 heavy (non-hydrogen) atoms. The predicted molar refractivity (Wildman–Crippen MR) is 207 cm³/mol. The van der Waals surface area contributed by atoms with Crippen LogP contribution in [0.15, 0.2) is 40.9 Å². The third-order valence-electron chi connectivity index (χ3n) is 15.5. The highest BCUT2D eigenvalue weighted by Gasteiger charge is 2.52. The van der Waals surface area contributed by atoms with Crippen LogP contribution in [0.1, 0.15) is 114 Å². The number of nitrogens with zero attached hydrogens (tertiary/aromatic N) is 1. The third kappa shape index (κ3) is 7.99. The molecule has 8 bridgehead atoms. The molecule has 11 heteroatoms. The second-order valence-electron chi connectivity index (χ2n) is 19.4. The van der Waals surface area contributed by atoms with Gasteiger partial charge in [-0.2, -0.15) is 0 Å². The molecule has 11 nitrogen and oxygen atoms in total. The Morgan fingerprint density at radius 2 is 2.00 bits per heavy atom. The normalized spacial score (nSPS) is 45.7. The van der Waals surface area contributed by atoms with E-state index in [9.17, 15) is 25.2 Å². The van der Waals surface area contributed by atoms with Crippen molar-refractivity contribution in [3.63, 3.8) is 0 Å². The van der Waals surface area contributed by atoms with Gasteiger partial charge in [0.2, 0.25) is 0 Å². The molecule has 6 heterocycles. The summed E-state index contributed by atoms with van der Waals surface area (Å²) in [5.41, 5.74) is 8.92. The van der Waals surface area contributed by atoms with Gasteiger partial charge in [0.25, 0.3) is 0 Å². The van der Waals surface area contributed by atoms with Crippen molar-refractivity contribution in [3.05, 3.63) is 47.0 Å². The van der Waals surface area contributed by atoms with Crippen molar-refractivity contribution in [1.82, 2.24) is 16.0 Å². The molecule has 1 aromatic rings. The van der Waals surface area contributed by atoms with Crippen molar-refractivity contribution in [2.24, 2.45) is 33.9 Å². The van der Waals surface area contributed by atoms with Crippen LogP contribution in [0.2, 0.25) is 0 Å². The Bertz CT molecular complexity index is 1580. The smallest absolute Gasteiger partial charge is 0.171 e. The number of aliphatic imine (C=N–C) groups is 1. The van der Waals surface area contributed by atoms with Crippen LogP contribution in [-0.2, 0) is 11.2 Å². The molecule has 0 radical (unpaired) electrons. The number of aliphatic hydroxyl groups is 3. The van der Waals surface area contributed by atoms with Crippen LogP contribution in [0.25, 0.3) is 0 Å². The lowest BCUT2D eigenvalue weighted by molar-refractivity contribution is -0.914. The molecule has 0 aromatic heterocycles. The molecular weight excluding hydrogens is 681 g/mol. The largest absolute Gasteiger partial charge is 0.550 e. The minimum atomic E-state index is -1.43. The van der Waals surface area contributed by atoms with Crippen LogP contribution in [0.5, 0.6) is 0 Å². The summed E-state index contributed by atoms with van der Waals surface area (Å²) in [5.74, 6) is -0.200.